The van der Waals surface area contributed by atoms with Crippen molar-refractivity contribution in [3.63, 3.8) is 0 Å². The number of hydrogen-bond donors (Lipinski definition) is 1. The third-order valence-electron chi connectivity index (χ3n) is 3.65. The van der Waals surface area contributed by atoms with E-state index in [4.69, 9.17) is 4.74 Å². The topological polar surface area (TPSA) is 29.5 Å². The van der Waals surface area contributed by atoms with E-state index in [1.165, 1.54) is 32.1 Å². The number of hydrogen-bond acceptors (Lipinski definition) is 2. The van der Waals surface area contributed by atoms with Gasteiger partial charge in [-0.25, -0.2) is 0 Å². The number of aliphatic hydroxyl groups excluding tert-OH is 1. The molecule has 0 unspecified atom stereocenters. The maximum atomic E-state index is 9.38. The Kier molecular flexibility index (Phi) is 6.83. The Labute approximate surface area is 106 Å². The van der Waals surface area contributed by atoms with Crippen molar-refractivity contribution < 1.29 is 9.84 Å². The van der Waals surface area contributed by atoms with E-state index >= 15 is 0 Å². The predicted molar refractivity (Wildman–Crippen MR) is 72.0 cm³/mol. The Morgan fingerprint density at radius 2 is 1.94 bits per heavy atom. The molecule has 0 heterocycles. The molecule has 3 atom stereocenters. The molecule has 100 valence electrons. The Morgan fingerprint density at radius 3 is 2.47 bits per heavy atom. The van der Waals surface area contributed by atoms with E-state index in [0.717, 1.165) is 12.8 Å². The van der Waals surface area contributed by atoms with Gasteiger partial charge in [-0.1, -0.05) is 25.3 Å². The highest BCUT2D eigenvalue weighted by molar-refractivity contribution is 4.82. The average Bonchev–Trinajstić information content (AvgIpc) is 2.28. The van der Waals surface area contributed by atoms with Crippen LogP contribution in [0.3, 0.4) is 0 Å². The normalized spacial score (nSPS) is 23.0. The van der Waals surface area contributed by atoms with Crippen molar-refractivity contribution in [3.05, 3.63) is 12.7 Å². The van der Waals surface area contributed by atoms with Crippen LogP contribution in [0.15, 0.2) is 12.7 Å². The van der Waals surface area contributed by atoms with Crippen LogP contribution in [0.1, 0.15) is 58.8 Å². The van der Waals surface area contributed by atoms with Crippen molar-refractivity contribution in [1.82, 2.24) is 0 Å². The number of rotatable bonds is 7. The van der Waals surface area contributed by atoms with Gasteiger partial charge in [0.05, 0.1) is 18.3 Å². The first kappa shape index (κ1) is 14.7. The van der Waals surface area contributed by atoms with Crippen LogP contribution < -0.4 is 0 Å². The molecule has 0 bridgehead atoms. The Bertz CT molecular complexity index is 207. The van der Waals surface area contributed by atoms with Gasteiger partial charge in [0.1, 0.15) is 0 Å². The van der Waals surface area contributed by atoms with Gasteiger partial charge in [0.25, 0.3) is 0 Å². The van der Waals surface area contributed by atoms with E-state index in [1.54, 1.807) is 0 Å². The van der Waals surface area contributed by atoms with Crippen LogP contribution in [0.25, 0.3) is 0 Å². The average molecular weight is 240 g/mol. The summed E-state index contributed by atoms with van der Waals surface area (Å²) in [5, 5.41) is 9.38. The lowest BCUT2D eigenvalue weighted by Gasteiger charge is -2.32. The maximum Gasteiger partial charge on any atom is 0.0641 e. The summed E-state index contributed by atoms with van der Waals surface area (Å²) in [6.07, 6.45) is 10.4. The zero-order valence-electron chi connectivity index (χ0n) is 11.4. The van der Waals surface area contributed by atoms with Crippen LogP contribution in [-0.2, 0) is 4.74 Å². The van der Waals surface area contributed by atoms with Gasteiger partial charge in [0, 0.05) is 0 Å². The summed E-state index contributed by atoms with van der Waals surface area (Å²) in [5.41, 5.74) is 0. The molecule has 0 radical (unpaired) electrons. The Hall–Kier alpha value is -0.340. The highest BCUT2D eigenvalue weighted by Gasteiger charge is 2.25. The summed E-state index contributed by atoms with van der Waals surface area (Å²) in [7, 11) is 0. The molecule has 1 fully saturated rings. The number of aliphatic hydroxyl groups is 1. The van der Waals surface area contributed by atoms with Crippen molar-refractivity contribution in [2.45, 2.75) is 77.1 Å². The van der Waals surface area contributed by atoms with Crippen LogP contribution in [0, 0.1) is 5.92 Å². The SMILES string of the molecule is C=CC[C@@H](O[C@@H](C)C[C@@H](C)O)C1CCCCC1. The molecule has 0 amide bonds. The zero-order chi connectivity index (χ0) is 12.7. The molecule has 2 nitrogen and oxygen atoms in total. The molecule has 0 aromatic rings. The fraction of sp³-hybridized carbons (Fsp3) is 0.867. The molecule has 0 saturated heterocycles. The summed E-state index contributed by atoms with van der Waals surface area (Å²) < 4.78 is 6.11. The minimum atomic E-state index is -0.277. The van der Waals surface area contributed by atoms with Crippen molar-refractivity contribution in [2.75, 3.05) is 0 Å². The minimum Gasteiger partial charge on any atom is -0.393 e. The standard InChI is InChI=1S/C15H28O2/c1-4-8-15(14-9-6-5-7-10-14)17-13(3)11-12(2)16/h4,12-16H,1,5-11H2,2-3H3/t12-,13+,15-/m1/s1. The molecule has 17 heavy (non-hydrogen) atoms. The van der Waals surface area contributed by atoms with Gasteiger partial charge in [0.15, 0.2) is 0 Å². The second-order valence-corrected chi connectivity index (χ2v) is 5.49. The second kappa shape index (κ2) is 7.88. The van der Waals surface area contributed by atoms with Crippen molar-refractivity contribution in [2.24, 2.45) is 5.92 Å². The van der Waals surface area contributed by atoms with Crippen LogP contribution >= 0.6 is 0 Å². The largest absolute Gasteiger partial charge is 0.393 e. The van der Waals surface area contributed by atoms with E-state index in [2.05, 4.69) is 13.5 Å². The van der Waals surface area contributed by atoms with Crippen LogP contribution in [0.2, 0.25) is 0 Å². The first-order valence-electron chi connectivity index (χ1n) is 7.08. The highest BCUT2D eigenvalue weighted by Crippen LogP contribution is 2.30. The van der Waals surface area contributed by atoms with Crippen LogP contribution in [-0.4, -0.2) is 23.4 Å². The van der Waals surface area contributed by atoms with Gasteiger partial charge < -0.3 is 9.84 Å². The van der Waals surface area contributed by atoms with E-state index < -0.39 is 0 Å². The molecule has 0 aromatic heterocycles. The maximum absolute atomic E-state index is 9.38. The lowest BCUT2D eigenvalue weighted by Crippen LogP contribution is -2.30. The summed E-state index contributed by atoms with van der Waals surface area (Å²) in [6.45, 7) is 7.72. The molecule has 1 aliphatic rings. The van der Waals surface area contributed by atoms with Gasteiger partial charge in [0.2, 0.25) is 0 Å². The van der Waals surface area contributed by atoms with E-state index in [-0.39, 0.29) is 12.2 Å². The van der Waals surface area contributed by atoms with Gasteiger partial charge in [-0.3, -0.25) is 0 Å². The van der Waals surface area contributed by atoms with Gasteiger partial charge >= 0.3 is 0 Å². The zero-order valence-corrected chi connectivity index (χ0v) is 11.4. The summed E-state index contributed by atoms with van der Waals surface area (Å²) in [4.78, 5) is 0. The first-order chi connectivity index (χ1) is 8.13. The lowest BCUT2D eigenvalue weighted by atomic mass is 9.84. The van der Waals surface area contributed by atoms with Crippen LogP contribution in [0.4, 0.5) is 0 Å². The van der Waals surface area contributed by atoms with Crippen LogP contribution in [0.5, 0.6) is 0 Å². The fourth-order valence-corrected chi connectivity index (χ4v) is 2.86. The van der Waals surface area contributed by atoms with Crippen molar-refractivity contribution in [1.29, 1.82) is 0 Å². The smallest absolute Gasteiger partial charge is 0.0641 e. The molecule has 0 spiro atoms. The molecule has 1 N–H and O–H groups in total. The number of ether oxygens (including phenoxy) is 1. The molecular formula is C15H28O2. The second-order valence-electron chi connectivity index (χ2n) is 5.49. The summed E-state index contributed by atoms with van der Waals surface area (Å²) >= 11 is 0. The quantitative estimate of drug-likeness (QED) is 0.688. The summed E-state index contributed by atoms with van der Waals surface area (Å²) in [5.74, 6) is 0.693. The molecular weight excluding hydrogens is 212 g/mol. The molecule has 2 heteroatoms. The Morgan fingerprint density at radius 1 is 1.29 bits per heavy atom. The molecule has 1 saturated carbocycles. The molecule has 1 aliphatic carbocycles. The van der Waals surface area contributed by atoms with E-state index in [1.807, 2.05) is 13.0 Å². The highest BCUT2D eigenvalue weighted by atomic mass is 16.5. The Balaban J connectivity index is 2.43. The third kappa shape index (κ3) is 5.69. The van der Waals surface area contributed by atoms with Gasteiger partial charge in [-0.05, 0) is 45.4 Å². The van der Waals surface area contributed by atoms with Gasteiger partial charge in [-0.15, -0.1) is 6.58 Å². The molecule has 0 aliphatic heterocycles. The fourth-order valence-electron chi connectivity index (χ4n) is 2.86. The summed E-state index contributed by atoms with van der Waals surface area (Å²) in [6, 6.07) is 0. The molecule has 1 rings (SSSR count). The van der Waals surface area contributed by atoms with Gasteiger partial charge in [-0.2, -0.15) is 0 Å². The predicted octanol–water partition coefficient (Wildman–Crippen LogP) is 3.69. The monoisotopic (exact) mass is 240 g/mol. The van der Waals surface area contributed by atoms with E-state index in [9.17, 15) is 5.11 Å². The first-order valence-corrected chi connectivity index (χ1v) is 7.08. The lowest BCUT2D eigenvalue weighted by molar-refractivity contribution is -0.0561. The van der Waals surface area contributed by atoms with Crippen molar-refractivity contribution in [3.8, 4) is 0 Å². The van der Waals surface area contributed by atoms with E-state index in [0.29, 0.717) is 12.0 Å². The molecule has 0 aromatic carbocycles. The van der Waals surface area contributed by atoms with Crippen molar-refractivity contribution >= 4 is 0 Å². The third-order valence-corrected chi connectivity index (χ3v) is 3.65. The minimum absolute atomic E-state index is 0.141.